The topological polar surface area (TPSA) is 41.7 Å². The minimum Gasteiger partial charge on any atom is -0.493 e. The summed E-state index contributed by atoms with van der Waals surface area (Å²) in [6.45, 7) is 5.12. The summed E-state index contributed by atoms with van der Waals surface area (Å²) >= 11 is 0. The highest BCUT2D eigenvalue weighted by atomic mass is 35.5. The summed E-state index contributed by atoms with van der Waals surface area (Å²) in [5.41, 5.74) is 4.60. The fourth-order valence-electron chi connectivity index (χ4n) is 4.95. The summed E-state index contributed by atoms with van der Waals surface area (Å²) in [6.07, 6.45) is 7.30. The quantitative estimate of drug-likeness (QED) is 0.311. The van der Waals surface area contributed by atoms with Gasteiger partial charge < -0.3 is 14.2 Å². The lowest BCUT2D eigenvalue weighted by molar-refractivity contribution is 0.172. The highest BCUT2D eigenvalue weighted by molar-refractivity contribution is 5.85. The van der Waals surface area contributed by atoms with E-state index in [2.05, 4.69) is 71.5 Å². The lowest BCUT2D eigenvalue weighted by Crippen LogP contribution is -2.33. The van der Waals surface area contributed by atoms with Crippen molar-refractivity contribution in [3.8, 4) is 5.75 Å². The Hall–Kier alpha value is -1.79. The van der Waals surface area contributed by atoms with Gasteiger partial charge in [-0.2, -0.15) is 0 Å². The number of halogens is 2. The summed E-state index contributed by atoms with van der Waals surface area (Å²) in [4.78, 5) is 4.79. The number of aryl methyl sites for hydroxylation is 1. The van der Waals surface area contributed by atoms with Gasteiger partial charge in [-0.05, 0) is 89.2 Å². The van der Waals surface area contributed by atoms with Gasteiger partial charge in [0.15, 0.2) is 5.58 Å². The van der Waals surface area contributed by atoms with Crippen LogP contribution in [0.2, 0.25) is 0 Å². The maximum absolute atomic E-state index is 6.17. The Bertz CT molecular complexity index is 1050. The molecule has 5 rings (SSSR count). The smallest absolute Gasteiger partial charge is 0.170 e. The van der Waals surface area contributed by atoms with Gasteiger partial charge in [-0.25, -0.2) is 0 Å². The van der Waals surface area contributed by atoms with Crippen LogP contribution in [-0.4, -0.2) is 48.7 Å². The van der Waals surface area contributed by atoms with Crippen LogP contribution in [0.5, 0.6) is 5.75 Å². The highest BCUT2D eigenvalue weighted by Crippen LogP contribution is 2.34. The van der Waals surface area contributed by atoms with E-state index in [1.165, 1.54) is 56.3 Å². The van der Waals surface area contributed by atoms with Crippen LogP contribution in [-0.2, 0) is 19.5 Å². The molecule has 0 N–H and O–H groups in total. The molecule has 5 nitrogen and oxygen atoms in total. The summed E-state index contributed by atoms with van der Waals surface area (Å²) in [5, 5.41) is 5.62. The van der Waals surface area contributed by atoms with E-state index in [0.717, 1.165) is 60.4 Å². The van der Waals surface area contributed by atoms with Gasteiger partial charge in [0, 0.05) is 30.1 Å². The first kappa shape index (κ1) is 27.8. The molecule has 192 valence electrons. The summed E-state index contributed by atoms with van der Waals surface area (Å²) in [5.74, 6) is 2.46. The van der Waals surface area contributed by atoms with Gasteiger partial charge in [0.1, 0.15) is 5.75 Å². The van der Waals surface area contributed by atoms with Crippen LogP contribution in [0.4, 0.5) is 0 Å². The molecule has 35 heavy (non-hydrogen) atoms. The Morgan fingerprint density at radius 3 is 2.43 bits per heavy atom. The lowest BCUT2D eigenvalue weighted by atomic mass is 9.91. The number of aromatic nitrogens is 1. The van der Waals surface area contributed by atoms with Gasteiger partial charge in [-0.1, -0.05) is 35.5 Å². The molecule has 0 spiro atoms. The predicted octanol–water partition coefficient (Wildman–Crippen LogP) is 6.37. The zero-order chi connectivity index (χ0) is 22.6. The fraction of sp³-hybridized carbons (Fsp3) is 0.536. The summed E-state index contributed by atoms with van der Waals surface area (Å²) in [7, 11) is 4.21. The maximum Gasteiger partial charge on any atom is 0.170 e. The number of rotatable bonds is 10. The Morgan fingerprint density at radius 1 is 1.00 bits per heavy atom. The number of nitrogens with zero attached hydrogens (tertiary/aromatic N) is 3. The predicted molar refractivity (Wildman–Crippen MR) is 147 cm³/mol. The third-order valence-corrected chi connectivity index (χ3v) is 7.13. The number of benzene rings is 2. The number of ether oxygens (including phenoxy) is 1. The molecule has 1 aliphatic heterocycles. The Kier molecular flexibility index (Phi) is 10.3. The van der Waals surface area contributed by atoms with Crippen molar-refractivity contribution in [1.82, 2.24) is 15.0 Å². The second kappa shape index (κ2) is 13.0. The van der Waals surface area contributed by atoms with E-state index in [0.29, 0.717) is 0 Å². The summed E-state index contributed by atoms with van der Waals surface area (Å²) < 4.78 is 11.9. The number of hydrogen-bond acceptors (Lipinski definition) is 5. The first-order valence-corrected chi connectivity index (χ1v) is 12.6. The lowest BCUT2D eigenvalue weighted by Gasteiger charge is -2.32. The molecule has 0 atom stereocenters. The third-order valence-electron chi connectivity index (χ3n) is 7.13. The highest BCUT2D eigenvalue weighted by Gasteiger charge is 2.24. The SMILES string of the molecule is CN(C)Cc1cc2c(CCC3CCN(Cc4ccccc4)CC3)noc2cc1OCC1CC1.Cl.Cl. The van der Waals surface area contributed by atoms with E-state index in [4.69, 9.17) is 9.26 Å². The van der Waals surface area contributed by atoms with Crippen molar-refractivity contribution < 1.29 is 9.26 Å². The molecule has 2 fully saturated rings. The van der Waals surface area contributed by atoms with Crippen molar-refractivity contribution in [3.05, 3.63) is 59.3 Å². The molecular weight excluding hydrogens is 481 g/mol. The van der Waals surface area contributed by atoms with E-state index < -0.39 is 0 Å². The van der Waals surface area contributed by atoms with Crippen molar-refractivity contribution >= 4 is 35.8 Å². The molecule has 2 heterocycles. The zero-order valence-corrected chi connectivity index (χ0v) is 22.6. The average molecular weight is 521 g/mol. The molecule has 3 aromatic rings. The van der Waals surface area contributed by atoms with Crippen LogP contribution >= 0.6 is 24.8 Å². The van der Waals surface area contributed by atoms with Crippen molar-refractivity contribution in [3.63, 3.8) is 0 Å². The first-order chi connectivity index (χ1) is 16.1. The number of piperidine rings is 1. The van der Waals surface area contributed by atoms with E-state index >= 15 is 0 Å². The zero-order valence-electron chi connectivity index (χ0n) is 20.9. The molecule has 1 aliphatic carbocycles. The molecule has 1 saturated carbocycles. The first-order valence-electron chi connectivity index (χ1n) is 12.6. The second-order valence-electron chi connectivity index (χ2n) is 10.3. The molecule has 2 aliphatic rings. The standard InChI is InChI=1S/C28H37N3O2.2ClH/c1-30(2)19-24-16-25-26(29-33-28(25)17-27(24)32-20-23-8-9-23)11-10-21-12-14-31(15-13-21)18-22-6-4-3-5-7-22;;/h3-7,16-17,21,23H,8-15,18-20H2,1-2H3;2*1H. The van der Waals surface area contributed by atoms with Crippen LogP contribution < -0.4 is 4.74 Å². The molecular formula is C28H39Cl2N3O2. The molecule has 0 unspecified atom stereocenters. The van der Waals surface area contributed by atoms with Gasteiger partial charge in [0.05, 0.1) is 12.3 Å². The van der Waals surface area contributed by atoms with E-state index in [9.17, 15) is 0 Å². The normalized spacial score (nSPS) is 16.8. The maximum atomic E-state index is 6.17. The Balaban J connectivity index is 0.00000171. The molecule has 7 heteroatoms. The van der Waals surface area contributed by atoms with Gasteiger partial charge in [-0.3, -0.25) is 4.90 Å². The second-order valence-corrected chi connectivity index (χ2v) is 10.3. The Labute approximate surface area is 222 Å². The average Bonchev–Trinajstić information content (AvgIpc) is 3.57. The minimum atomic E-state index is 0. The van der Waals surface area contributed by atoms with Crippen molar-refractivity contribution in [2.24, 2.45) is 11.8 Å². The van der Waals surface area contributed by atoms with Crippen LogP contribution in [0.25, 0.3) is 11.0 Å². The van der Waals surface area contributed by atoms with Crippen LogP contribution in [0.1, 0.15) is 48.9 Å². The van der Waals surface area contributed by atoms with Gasteiger partial charge >= 0.3 is 0 Å². The Morgan fingerprint density at radius 2 is 1.74 bits per heavy atom. The molecule has 0 amide bonds. The van der Waals surface area contributed by atoms with Gasteiger partial charge in [-0.15, -0.1) is 24.8 Å². The monoisotopic (exact) mass is 519 g/mol. The van der Waals surface area contributed by atoms with E-state index in [1.54, 1.807) is 0 Å². The van der Waals surface area contributed by atoms with Crippen LogP contribution in [0, 0.1) is 11.8 Å². The number of hydrogen-bond donors (Lipinski definition) is 0. The molecule has 2 aromatic carbocycles. The van der Waals surface area contributed by atoms with Crippen molar-refractivity contribution in [2.75, 3.05) is 33.8 Å². The van der Waals surface area contributed by atoms with Crippen molar-refractivity contribution in [1.29, 1.82) is 0 Å². The molecule has 1 aromatic heterocycles. The summed E-state index contributed by atoms with van der Waals surface area (Å²) in [6, 6.07) is 15.1. The van der Waals surface area contributed by atoms with E-state index in [1.807, 2.05) is 0 Å². The van der Waals surface area contributed by atoms with Crippen molar-refractivity contribution in [2.45, 2.75) is 51.6 Å². The fourth-order valence-corrected chi connectivity index (χ4v) is 4.95. The van der Waals surface area contributed by atoms with Crippen LogP contribution in [0.15, 0.2) is 47.0 Å². The third kappa shape index (κ3) is 7.60. The van der Waals surface area contributed by atoms with Gasteiger partial charge in [0.2, 0.25) is 0 Å². The molecule has 1 saturated heterocycles. The van der Waals surface area contributed by atoms with Crippen LogP contribution in [0.3, 0.4) is 0 Å². The number of fused-ring (bicyclic) bond motifs is 1. The minimum absolute atomic E-state index is 0. The van der Waals surface area contributed by atoms with E-state index in [-0.39, 0.29) is 24.8 Å². The largest absolute Gasteiger partial charge is 0.493 e. The molecule has 0 radical (unpaired) electrons. The molecule has 0 bridgehead atoms. The number of likely N-dealkylation sites (tertiary alicyclic amines) is 1. The van der Waals surface area contributed by atoms with Gasteiger partial charge in [0.25, 0.3) is 0 Å².